The summed E-state index contributed by atoms with van der Waals surface area (Å²) in [5.74, 6) is -24.9. The number of phenols is 17. The topological polar surface area (TPSA) is 344 Å². The number of rotatable bonds is 3. The van der Waals surface area contributed by atoms with Crippen LogP contribution in [0.15, 0.2) is 42.5 Å². The van der Waals surface area contributed by atoms with E-state index in [-0.39, 0.29) is 5.56 Å². The van der Waals surface area contributed by atoms with Gasteiger partial charge in [-0.25, -0.2) is 0 Å². The molecule has 0 aliphatic rings. The molecule has 0 atom stereocenters. The Labute approximate surface area is 292 Å². The van der Waals surface area contributed by atoms with Gasteiger partial charge in [0.25, 0.3) is 0 Å². The zero-order valence-electron chi connectivity index (χ0n) is 26.1. The lowest BCUT2D eigenvalue weighted by molar-refractivity contribution is 0.330. The van der Waals surface area contributed by atoms with E-state index in [1.54, 1.807) is 30.3 Å². The van der Waals surface area contributed by atoms with Crippen molar-refractivity contribution in [2.75, 3.05) is 0 Å². The first-order valence-electron chi connectivity index (χ1n) is 14.9. The van der Waals surface area contributed by atoms with Crippen molar-refractivity contribution in [3.8, 4) is 131 Å². The van der Waals surface area contributed by atoms with Crippen LogP contribution in [0.25, 0.3) is 65.7 Å². The molecule has 0 fully saturated rings. The van der Waals surface area contributed by atoms with Crippen LogP contribution in [0.4, 0.5) is 0 Å². The molecular weight excluding hydrogens is 704 g/mol. The first-order chi connectivity index (χ1) is 24.9. The molecule has 0 bridgehead atoms. The molecule has 0 heterocycles. The van der Waals surface area contributed by atoms with Crippen LogP contribution in [0.5, 0.6) is 97.7 Å². The third-order valence-corrected chi connectivity index (χ3v) is 9.12. The van der Waals surface area contributed by atoms with Crippen LogP contribution in [0, 0.1) is 0 Å². The maximum Gasteiger partial charge on any atom is 0.208 e. The molecule has 0 aliphatic carbocycles. The molecule has 0 spiro atoms. The van der Waals surface area contributed by atoms with Crippen LogP contribution in [0.2, 0.25) is 0 Å². The summed E-state index contributed by atoms with van der Waals surface area (Å²) in [5, 5.41) is 184. The Balaban J connectivity index is 1.93. The largest absolute Gasteiger partial charge is 0.506 e. The van der Waals surface area contributed by atoms with E-state index in [0.29, 0.717) is 10.8 Å². The minimum absolute atomic E-state index is 0.0148. The molecule has 0 saturated heterocycles. The Kier molecular flexibility index (Phi) is 6.91. The number of fused-ring (bicyclic) bond motifs is 3. The van der Waals surface area contributed by atoms with Crippen molar-refractivity contribution in [2.24, 2.45) is 0 Å². The van der Waals surface area contributed by atoms with Crippen LogP contribution >= 0.6 is 0 Å². The zero-order chi connectivity index (χ0) is 38.7. The highest BCUT2D eigenvalue weighted by Gasteiger charge is 2.38. The molecular formula is C36H24O17. The second-order valence-corrected chi connectivity index (χ2v) is 11.8. The van der Waals surface area contributed by atoms with Gasteiger partial charge in [0.1, 0.15) is 5.75 Å². The number of benzene rings is 7. The predicted octanol–water partition coefficient (Wildman–Crippen LogP) is 5.14. The van der Waals surface area contributed by atoms with E-state index in [1.807, 2.05) is 0 Å². The Morgan fingerprint density at radius 1 is 0.226 bits per heavy atom. The van der Waals surface area contributed by atoms with Gasteiger partial charge in [0, 0.05) is 32.7 Å². The fourth-order valence-electron chi connectivity index (χ4n) is 6.68. The van der Waals surface area contributed by atoms with Gasteiger partial charge in [-0.1, -0.05) is 42.5 Å². The highest BCUT2D eigenvalue weighted by Crippen LogP contribution is 2.67. The normalized spacial score (nSPS) is 11.5. The summed E-state index contributed by atoms with van der Waals surface area (Å²) in [4.78, 5) is 0. The van der Waals surface area contributed by atoms with E-state index in [0.717, 1.165) is 0 Å². The number of hydrogen-bond donors (Lipinski definition) is 17. The standard InChI is InChI=1S/C36H24O17/c37-20-11(10-7-3-5-8-4-1-2-6-9(8)10)21(38)22(39)15-13(19-27(44)33(50)36(53)34(51)28(19)45)17-16(23(40)29(46)30(47)24(17)41)12(14(15)20)18-25(42)31(48)35(52)32(49)26(18)43/h1-7,37-53H. The third kappa shape index (κ3) is 4.12. The molecule has 7 rings (SSSR count). The quantitative estimate of drug-likeness (QED) is 0.0635. The van der Waals surface area contributed by atoms with Gasteiger partial charge in [0.15, 0.2) is 46.0 Å². The predicted molar refractivity (Wildman–Crippen MR) is 184 cm³/mol. The molecule has 7 aromatic rings. The van der Waals surface area contributed by atoms with E-state index in [4.69, 9.17) is 0 Å². The molecule has 0 amide bonds. The summed E-state index contributed by atoms with van der Waals surface area (Å²) in [6, 6.07) is 10.9. The number of aromatic hydroxyl groups is 17. The van der Waals surface area contributed by atoms with Crippen molar-refractivity contribution >= 4 is 32.3 Å². The van der Waals surface area contributed by atoms with E-state index in [1.165, 1.54) is 12.1 Å². The molecule has 7 aromatic carbocycles. The van der Waals surface area contributed by atoms with Crippen LogP contribution in [-0.2, 0) is 0 Å². The van der Waals surface area contributed by atoms with Gasteiger partial charge in [-0.15, -0.1) is 0 Å². The molecule has 17 heteroatoms. The van der Waals surface area contributed by atoms with Crippen molar-refractivity contribution in [2.45, 2.75) is 0 Å². The lowest BCUT2D eigenvalue weighted by Gasteiger charge is -2.25. The van der Waals surface area contributed by atoms with Gasteiger partial charge >= 0.3 is 0 Å². The average Bonchev–Trinajstić information content (AvgIpc) is 3.15. The molecule has 0 aliphatic heterocycles. The number of hydrogen-bond acceptors (Lipinski definition) is 17. The molecule has 0 saturated carbocycles. The SMILES string of the molecule is Oc1c(O)c(O)c(-c2c3c(O)c(O)c(O)c(O)c3c(-c3c(O)c(O)c(O)c(O)c3O)c3c(O)c(-c4cccc5ccccc45)c(O)c(O)c23)c(O)c1O. The van der Waals surface area contributed by atoms with Gasteiger partial charge in [-0.2, -0.15) is 0 Å². The number of phenolic OH excluding ortho intramolecular Hbond substituents is 17. The molecule has 0 aromatic heterocycles. The van der Waals surface area contributed by atoms with Crippen molar-refractivity contribution in [3.63, 3.8) is 0 Å². The van der Waals surface area contributed by atoms with Crippen LogP contribution < -0.4 is 0 Å². The Bertz CT molecular complexity index is 2740. The van der Waals surface area contributed by atoms with Crippen LogP contribution in [0.1, 0.15) is 0 Å². The maximum atomic E-state index is 12.3. The van der Waals surface area contributed by atoms with Crippen molar-refractivity contribution in [1.29, 1.82) is 0 Å². The minimum atomic E-state index is -1.54. The second-order valence-electron chi connectivity index (χ2n) is 11.8. The van der Waals surface area contributed by atoms with E-state index < -0.39 is 147 Å². The summed E-state index contributed by atoms with van der Waals surface area (Å²) in [5.41, 5.74) is -5.24. The van der Waals surface area contributed by atoms with Gasteiger partial charge in [0.05, 0.1) is 16.7 Å². The summed E-state index contributed by atoms with van der Waals surface area (Å²) in [6.07, 6.45) is 0. The Morgan fingerprint density at radius 2 is 0.528 bits per heavy atom. The molecule has 53 heavy (non-hydrogen) atoms. The highest BCUT2D eigenvalue weighted by atomic mass is 16.4. The second kappa shape index (κ2) is 11.0. The van der Waals surface area contributed by atoms with Gasteiger partial charge < -0.3 is 86.8 Å². The van der Waals surface area contributed by atoms with Crippen molar-refractivity contribution < 1.29 is 86.8 Å². The molecule has 0 unspecified atom stereocenters. The van der Waals surface area contributed by atoms with Crippen molar-refractivity contribution in [3.05, 3.63) is 42.5 Å². The van der Waals surface area contributed by atoms with E-state index in [2.05, 4.69) is 0 Å². The summed E-state index contributed by atoms with van der Waals surface area (Å²) in [7, 11) is 0. The zero-order valence-corrected chi connectivity index (χ0v) is 26.1. The van der Waals surface area contributed by atoms with Gasteiger partial charge in [-0.3, -0.25) is 0 Å². The fourth-order valence-corrected chi connectivity index (χ4v) is 6.68. The molecule has 0 radical (unpaired) electrons. The fraction of sp³-hybridized carbons (Fsp3) is 0. The van der Waals surface area contributed by atoms with E-state index in [9.17, 15) is 86.8 Å². The Morgan fingerprint density at radius 3 is 0.962 bits per heavy atom. The first kappa shape index (κ1) is 33.4. The smallest absolute Gasteiger partial charge is 0.208 e. The van der Waals surface area contributed by atoms with Gasteiger partial charge in [0.2, 0.25) is 46.0 Å². The monoisotopic (exact) mass is 728 g/mol. The maximum absolute atomic E-state index is 12.3. The van der Waals surface area contributed by atoms with Crippen LogP contribution in [-0.4, -0.2) is 86.8 Å². The van der Waals surface area contributed by atoms with Gasteiger partial charge in [-0.05, 0) is 16.3 Å². The lowest BCUT2D eigenvalue weighted by Crippen LogP contribution is -1.97. The molecule has 17 nitrogen and oxygen atoms in total. The average molecular weight is 729 g/mol. The van der Waals surface area contributed by atoms with Crippen LogP contribution in [0.3, 0.4) is 0 Å². The highest BCUT2D eigenvalue weighted by molar-refractivity contribution is 6.31. The first-order valence-corrected chi connectivity index (χ1v) is 14.9. The summed E-state index contributed by atoms with van der Waals surface area (Å²) < 4.78 is 0. The lowest BCUT2D eigenvalue weighted by atomic mass is 9.81. The molecule has 17 N–H and O–H groups in total. The molecule has 270 valence electrons. The van der Waals surface area contributed by atoms with E-state index >= 15 is 0 Å². The van der Waals surface area contributed by atoms with Crippen molar-refractivity contribution in [1.82, 2.24) is 0 Å². The Hall–Kier alpha value is -8.08. The summed E-state index contributed by atoms with van der Waals surface area (Å²) in [6.45, 7) is 0. The minimum Gasteiger partial charge on any atom is -0.506 e. The third-order valence-electron chi connectivity index (χ3n) is 9.12. The summed E-state index contributed by atoms with van der Waals surface area (Å²) >= 11 is 0.